The van der Waals surface area contributed by atoms with Crippen LogP contribution in [0.15, 0.2) is 24.3 Å². The van der Waals surface area contributed by atoms with Gasteiger partial charge in [0.2, 0.25) is 11.8 Å². The van der Waals surface area contributed by atoms with E-state index in [0.29, 0.717) is 17.5 Å². The van der Waals surface area contributed by atoms with Crippen molar-refractivity contribution in [1.29, 1.82) is 0 Å². The van der Waals surface area contributed by atoms with Crippen LogP contribution in [0.5, 0.6) is 0 Å². The third-order valence-corrected chi connectivity index (χ3v) is 5.18. The van der Waals surface area contributed by atoms with Gasteiger partial charge in [0.05, 0.1) is 0 Å². The molecule has 0 saturated carbocycles. The predicted octanol–water partition coefficient (Wildman–Crippen LogP) is 4.17. The minimum atomic E-state index is -0.931. The lowest BCUT2D eigenvalue weighted by atomic mass is 9.96. The molecule has 0 aliphatic carbocycles. The van der Waals surface area contributed by atoms with Crippen molar-refractivity contribution in [3.05, 3.63) is 35.4 Å². The molecule has 0 spiro atoms. The highest BCUT2D eigenvalue weighted by molar-refractivity contribution is 5.91. The van der Waals surface area contributed by atoms with Crippen LogP contribution < -0.4 is 10.6 Å². The first-order valence-electron chi connectivity index (χ1n) is 11.6. The van der Waals surface area contributed by atoms with Gasteiger partial charge in [-0.3, -0.25) is 9.59 Å². The maximum Gasteiger partial charge on any atom is 0.408 e. The number of benzene rings is 1. The fourth-order valence-electron chi connectivity index (χ4n) is 3.51. The summed E-state index contributed by atoms with van der Waals surface area (Å²) < 4.78 is 5.24. The van der Waals surface area contributed by atoms with E-state index in [1.807, 2.05) is 27.7 Å². The van der Waals surface area contributed by atoms with Gasteiger partial charge in [-0.25, -0.2) is 4.79 Å². The normalized spacial score (nSPS) is 13.8. The molecule has 0 heterocycles. The summed E-state index contributed by atoms with van der Waals surface area (Å²) in [5.41, 5.74) is 0.432. The van der Waals surface area contributed by atoms with E-state index in [9.17, 15) is 14.4 Å². The number of terminal acetylenes is 1. The Morgan fingerprint density at radius 3 is 2.33 bits per heavy atom. The van der Waals surface area contributed by atoms with Crippen LogP contribution in [0.4, 0.5) is 4.79 Å². The molecule has 2 N–H and O–H groups in total. The highest BCUT2D eigenvalue weighted by atomic mass is 16.6. The van der Waals surface area contributed by atoms with Crippen molar-refractivity contribution in [2.24, 2.45) is 0 Å². The molecule has 0 saturated heterocycles. The Balaban J connectivity index is 3.34. The molecule has 1 aromatic rings. The standard InChI is InChI=1S/C26H39N3O4/c1-9-14-18(4)28-24(31)23(21-16-13-12-15-20(21)11-3)29(19(5)10-2)22(30)17-27-25(32)33-26(6,7)8/h3,12-13,15-16,18-19,23H,9-10,14,17H2,1-2,4-8H3,(H,27,32)(H,28,31). The first-order chi connectivity index (χ1) is 15.4. The molecule has 0 aliphatic heterocycles. The van der Waals surface area contributed by atoms with Gasteiger partial charge in [0.1, 0.15) is 18.2 Å². The molecule has 0 radical (unpaired) electrons. The SMILES string of the molecule is C#Cc1ccccc1C(C(=O)NC(C)CCC)N(C(=O)CNC(=O)OC(C)(C)C)C(C)CC. The van der Waals surface area contributed by atoms with Crippen molar-refractivity contribution in [3.8, 4) is 12.3 Å². The topological polar surface area (TPSA) is 87.7 Å². The summed E-state index contributed by atoms with van der Waals surface area (Å²) in [7, 11) is 0. The number of nitrogens with zero attached hydrogens (tertiary/aromatic N) is 1. The van der Waals surface area contributed by atoms with Crippen LogP contribution in [0, 0.1) is 12.3 Å². The molecule has 7 nitrogen and oxygen atoms in total. The molecule has 3 amide bonds. The van der Waals surface area contributed by atoms with E-state index < -0.39 is 23.6 Å². The zero-order valence-electron chi connectivity index (χ0n) is 21.0. The van der Waals surface area contributed by atoms with Crippen molar-refractivity contribution in [2.75, 3.05) is 6.54 Å². The minimum Gasteiger partial charge on any atom is -0.444 e. The van der Waals surface area contributed by atoms with Crippen molar-refractivity contribution in [2.45, 2.75) is 91.5 Å². The molecular formula is C26H39N3O4. The zero-order chi connectivity index (χ0) is 25.2. The highest BCUT2D eigenvalue weighted by Crippen LogP contribution is 2.28. The van der Waals surface area contributed by atoms with Crippen LogP contribution in [0.1, 0.15) is 84.9 Å². The second-order valence-corrected chi connectivity index (χ2v) is 9.25. The van der Waals surface area contributed by atoms with E-state index in [2.05, 4.69) is 16.6 Å². The van der Waals surface area contributed by atoms with Gasteiger partial charge in [-0.2, -0.15) is 0 Å². The van der Waals surface area contributed by atoms with Crippen molar-refractivity contribution in [3.63, 3.8) is 0 Å². The van der Waals surface area contributed by atoms with Crippen molar-refractivity contribution < 1.29 is 19.1 Å². The molecule has 33 heavy (non-hydrogen) atoms. The molecule has 7 heteroatoms. The number of hydrogen-bond donors (Lipinski definition) is 2. The number of alkyl carbamates (subject to hydrolysis) is 1. The van der Waals surface area contributed by atoms with E-state index in [4.69, 9.17) is 11.2 Å². The number of amides is 3. The van der Waals surface area contributed by atoms with Crippen LogP contribution in [0.2, 0.25) is 0 Å². The summed E-state index contributed by atoms with van der Waals surface area (Å²) in [4.78, 5) is 40.5. The Morgan fingerprint density at radius 1 is 1.15 bits per heavy atom. The Kier molecular flexibility index (Phi) is 10.9. The van der Waals surface area contributed by atoms with Gasteiger partial charge in [-0.1, -0.05) is 44.4 Å². The zero-order valence-corrected chi connectivity index (χ0v) is 21.0. The van der Waals surface area contributed by atoms with Crippen LogP contribution in [0.25, 0.3) is 0 Å². The average molecular weight is 458 g/mol. The van der Waals surface area contributed by atoms with Crippen LogP contribution in [-0.2, 0) is 14.3 Å². The quantitative estimate of drug-likeness (QED) is 0.516. The Morgan fingerprint density at radius 2 is 1.79 bits per heavy atom. The number of ether oxygens (including phenoxy) is 1. The molecule has 1 aromatic carbocycles. The third-order valence-electron chi connectivity index (χ3n) is 5.18. The molecule has 0 fully saturated rings. The number of carbonyl (C=O) groups excluding carboxylic acids is 3. The summed E-state index contributed by atoms with van der Waals surface area (Å²) in [5, 5.41) is 5.54. The lowest BCUT2D eigenvalue weighted by Crippen LogP contribution is -2.52. The molecule has 3 atom stereocenters. The lowest BCUT2D eigenvalue weighted by Gasteiger charge is -2.37. The number of nitrogens with one attached hydrogen (secondary N) is 2. The molecular weight excluding hydrogens is 418 g/mol. The van der Waals surface area contributed by atoms with E-state index >= 15 is 0 Å². The highest BCUT2D eigenvalue weighted by Gasteiger charge is 2.36. The van der Waals surface area contributed by atoms with Gasteiger partial charge in [0.15, 0.2) is 0 Å². The summed E-state index contributed by atoms with van der Waals surface area (Å²) in [5.74, 6) is 1.93. The van der Waals surface area contributed by atoms with Gasteiger partial charge in [0.25, 0.3) is 0 Å². The number of carbonyl (C=O) groups is 3. The van der Waals surface area contributed by atoms with Crippen LogP contribution >= 0.6 is 0 Å². The summed E-state index contributed by atoms with van der Waals surface area (Å²) in [6, 6.07) is 5.85. The molecule has 0 aromatic heterocycles. The van der Waals surface area contributed by atoms with Gasteiger partial charge < -0.3 is 20.3 Å². The average Bonchev–Trinajstić information content (AvgIpc) is 2.74. The summed E-state index contributed by atoms with van der Waals surface area (Å²) in [6.07, 6.45) is 7.37. The summed E-state index contributed by atoms with van der Waals surface area (Å²) in [6.45, 7) is 12.7. The smallest absolute Gasteiger partial charge is 0.408 e. The lowest BCUT2D eigenvalue weighted by molar-refractivity contribution is -0.143. The van der Waals surface area contributed by atoms with E-state index in [1.54, 1.807) is 45.0 Å². The van der Waals surface area contributed by atoms with E-state index in [0.717, 1.165) is 12.8 Å². The molecule has 0 aliphatic rings. The largest absolute Gasteiger partial charge is 0.444 e. The first kappa shape index (κ1) is 28.0. The van der Waals surface area contributed by atoms with Gasteiger partial charge in [-0.05, 0) is 59.1 Å². The molecule has 1 rings (SSSR count). The fraction of sp³-hybridized carbons (Fsp3) is 0.577. The van der Waals surface area contributed by atoms with Gasteiger partial charge >= 0.3 is 6.09 Å². The number of rotatable bonds is 10. The first-order valence-corrected chi connectivity index (χ1v) is 11.6. The van der Waals surface area contributed by atoms with Crippen LogP contribution in [-0.4, -0.2) is 47.0 Å². The van der Waals surface area contributed by atoms with Gasteiger partial charge in [0, 0.05) is 17.6 Å². The van der Waals surface area contributed by atoms with E-state index in [-0.39, 0.29) is 24.5 Å². The Hall–Kier alpha value is -3.01. The monoisotopic (exact) mass is 457 g/mol. The van der Waals surface area contributed by atoms with Gasteiger partial charge in [-0.15, -0.1) is 6.42 Å². The molecule has 182 valence electrons. The second kappa shape index (κ2) is 12.9. The van der Waals surface area contributed by atoms with Crippen molar-refractivity contribution >= 4 is 17.9 Å². The van der Waals surface area contributed by atoms with Crippen LogP contribution in [0.3, 0.4) is 0 Å². The second-order valence-electron chi connectivity index (χ2n) is 9.25. The van der Waals surface area contributed by atoms with E-state index in [1.165, 1.54) is 4.90 Å². The molecule has 0 bridgehead atoms. The Labute approximate surface area is 198 Å². The number of hydrogen-bond acceptors (Lipinski definition) is 4. The predicted molar refractivity (Wildman–Crippen MR) is 130 cm³/mol. The molecule has 3 unspecified atom stereocenters. The minimum absolute atomic E-state index is 0.0585. The maximum atomic E-state index is 13.5. The maximum absolute atomic E-state index is 13.5. The summed E-state index contributed by atoms with van der Waals surface area (Å²) >= 11 is 0. The third kappa shape index (κ3) is 8.80. The van der Waals surface area contributed by atoms with Crippen molar-refractivity contribution in [1.82, 2.24) is 15.5 Å². The Bertz CT molecular complexity index is 854. The fourth-order valence-corrected chi connectivity index (χ4v) is 3.51.